The molecule has 1 N–H and O–H groups in total. The van der Waals surface area contributed by atoms with Crippen molar-refractivity contribution in [2.24, 2.45) is 0 Å². The molecule has 0 atom stereocenters. The lowest BCUT2D eigenvalue weighted by Crippen LogP contribution is -2.22. The Morgan fingerprint density at radius 3 is 2.90 bits per heavy atom. The van der Waals surface area contributed by atoms with Gasteiger partial charge >= 0.3 is 0 Å². The summed E-state index contributed by atoms with van der Waals surface area (Å²) in [4.78, 5) is 21.4. The highest BCUT2D eigenvalue weighted by Crippen LogP contribution is 2.22. The summed E-state index contributed by atoms with van der Waals surface area (Å²) in [6.07, 6.45) is 4.96. The SMILES string of the molecule is O=C(NCc1ccnc(-c2cccs2)c1)c1cccnc1. The van der Waals surface area contributed by atoms with Gasteiger partial charge in [-0.25, -0.2) is 0 Å². The fourth-order valence-corrected chi connectivity index (χ4v) is 2.62. The summed E-state index contributed by atoms with van der Waals surface area (Å²) in [6, 6.07) is 11.4. The maximum absolute atomic E-state index is 12.0. The minimum atomic E-state index is -0.127. The zero-order valence-electron chi connectivity index (χ0n) is 11.2. The van der Waals surface area contributed by atoms with E-state index in [2.05, 4.69) is 15.3 Å². The standard InChI is InChI=1S/C16H13N3OS/c20-16(13-3-1-6-17-11-13)19-10-12-5-7-18-14(9-12)15-4-2-8-21-15/h1-9,11H,10H2,(H,19,20). The molecule has 0 saturated heterocycles. The monoisotopic (exact) mass is 295 g/mol. The van der Waals surface area contributed by atoms with Crippen LogP contribution in [0, 0.1) is 0 Å². The van der Waals surface area contributed by atoms with Crippen LogP contribution < -0.4 is 5.32 Å². The first-order valence-corrected chi connectivity index (χ1v) is 7.38. The lowest BCUT2D eigenvalue weighted by atomic mass is 10.2. The Bertz CT molecular complexity index is 726. The van der Waals surface area contributed by atoms with Gasteiger partial charge in [0.2, 0.25) is 0 Å². The van der Waals surface area contributed by atoms with Crippen molar-refractivity contribution in [2.45, 2.75) is 6.54 Å². The smallest absolute Gasteiger partial charge is 0.253 e. The van der Waals surface area contributed by atoms with E-state index >= 15 is 0 Å². The highest BCUT2D eigenvalue weighted by molar-refractivity contribution is 7.13. The zero-order valence-corrected chi connectivity index (χ0v) is 12.0. The summed E-state index contributed by atoms with van der Waals surface area (Å²) in [7, 11) is 0. The van der Waals surface area contributed by atoms with Crippen molar-refractivity contribution >= 4 is 17.2 Å². The molecule has 4 nitrogen and oxygen atoms in total. The molecular weight excluding hydrogens is 282 g/mol. The molecule has 3 aromatic rings. The van der Waals surface area contributed by atoms with Gasteiger partial charge in [0.15, 0.2) is 0 Å². The summed E-state index contributed by atoms with van der Waals surface area (Å²) in [5.41, 5.74) is 2.51. The van der Waals surface area contributed by atoms with Gasteiger partial charge in [-0.15, -0.1) is 11.3 Å². The number of carbonyl (C=O) groups is 1. The van der Waals surface area contributed by atoms with Gasteiger partial charge in [0.1, 0.15) is 0 Å². The molecule has 3 rings (SSSR count). The van der Waals surface area contributed by atoms with E-state index in [1.54, 1.807) is 42.1 Å². The number of pyridine rings is 2. The second kappa shape index (κ2) is 6.28. The van der Waals surface area contributed by atoms with Crippen molar-refractivity contribution in [3.63, 3.8) is 0 Å². The lowest BCUT2D eigenvalue weighted by Gasteiger charge is -2.06. The minimum Gasteiger partial charge on any atom is -0.348 e. The van der Waals surface area contributed by atoms with Gasteiger partial charge in [-0.3, -0.25) is 14.8 Å². The number of hydrogen-bond acceptors (Lipinski definition) is 4. The molecule has 0 unspecified atom stereocenters. The number of amides is 1. The fourth-order valence-electron chi connectivity index (χ4n) is 1.92. The van der Waals surface area contributed by atoms with Crippen molar-refractivity contribution in [3.05, 3.63) is 71.5 Å². The van der Waals surface area contributed by atoms with Crippen molar-refractivity contribution in [3.8, 4) is 10.6 Å². The number of thiophene rings is 1. The van der Waals surface area contributed by atoms with Crippen LogP contribution in [0.2, 0.25) is 0 Å². The lowest BCUT2D eigenvalue weighted by molar-refractivity contribution is 0.0950. The Morgan fingerprint density at radius 1 is 1.19 bits per heavy atom. The summed E-state index contributed by atoms with van der Waals surface area (Å²) in [6.45, 7) is 0.467. The zero-order chi connectivity index (χ0) is 14.5. The van der Waals surface area contributed by atoms with Gasteiger partial charge in [-0.1, -0.05) is 6.07 Å². The Hall–Kier alpha value is -2.53. The molecule has 0 fully saturated rings. The van der Waals surface area contributed by atoms with E-state index in [1.807, 2.05) is 29.6 Å². The Balaban J connectivity index is 1.69. The molecule has 0 aromatic carbocycles. The van der Waals surface area contributed by atoms with Gasteiger partial charge in [-0.2, -0.15) is 0 Å². The summed E-state index contributed by atoms with van der Waals surface area (Å²) >= 11 is 1.65. The third-order valence-electron chi connectivity index (χ3n) is 2.97. The van der Waals surface area contributed by atoms with E-state index in [9.17, 15) is 4.79 Å². The Kier molecular flexibility index (Phi) is 4.02. The van der Waals surface area contributed by atoms with E-state index in [-0.39, 0.29) is 5.91 Å². The second-order valence-electron chi connectivity index (χ2n) is 4.45. The first-order valence-electron chi connectivity index (χ1n) is 6.50. The van der Waals surface area contributed by atoms with E-state index in [1.165, 1.54) is 0 Å². The number of nitrogens with one attached hydrogen (secondary N) is 1. The van der Waals surface area contributed by atoms with E-state index < -0.39 is 0 Å². The molecule has 0 spiro atoms. The second-order valence-corrected chi connectivity index (χ2v) is 5.40. The largest absolute Gasteiger partial charge is 0.348 e. The minimum absolute atomic E-state index is 0.127. The van der Waals surface area contributed by atoms with Crippen molar-refractivity contribution in [1.29, 1.82) is 0 Å². The average molecular weight is 295 g/mol. The number of rotatable bonds is 4. The van der Waals surface area contributed by atoms with E-state index in [0.29, 0.717) is 12.1 Å². The van der Waals surface area contributed by atoms with E-state index in [0.717, 1.165) is 16.1 Å². The van der Waals surface area contributed by atoms with Crippen LogP contribution in [0.3, 0.4) is 0 Å². The highest BCUT2D eigenvalue weighted by Gasteiger charge is 2.06. The molecule has 104 valence electrons. The van der Waals surface area contributed by atoms with Crippen molar-refractivity contribution in [2.75, 3.05) is 0 Å². The molecule has 0 aliphatic rings. The summed E-state index contributed by atoms with van der Waals surface area (Å²) in [5.74, 6) is -0.127. The third-order valence-corrected chi connectivity index (χ3v) is 3.87. The molecule has 0 aliphatic carbocycles. The first kappa shape index (κ1) is 13.5. The average Bonchev–Trinajstić information content (AvgIpc) is 3.08. The quantitative estimate of drug-likeness (QED) is 0.804. The predicted molar refractivity (Wildman–Crippen MR) is 83.0 cm³/mol. The number of carbonyl (C=O) groups excluding carboxylic acids is 1. The van der Waals surface area contributed by atoms with Crippen LogP contribution in [0.1, 0.15) is 15.9 Å². The molecule has 0 saturated carbocycles. The number of hydrogen-bond donors (Lipinski definition) is 1. The maximum Gasteiger partial charge on any atom is 0.253 e. The van der Waals surface area contributed by atoms with Crippen LogP contribution in [0.15, 0.2) is 60.4 Å². The molecular formula is C16H13N3OS. The molecule has 3 heterocycles. The number of aromatic nitrogens is 2. The van der Waals surface area contributed by atoms with Gasteiger partial charge in [-0.05, 0) is 41.3 Å². The molecule has 5 heteroatoms. The Labute approximate surface area is 126 Å². The van der Waals surface area contributed by atoms with Crippen LogP contribution in [0.4, 0.5) is 0 Å². The van der Waals surface area contributed by atoms with Crippen LogP contribution in [0.5, 0.6) is 0 Å². The van der Waals surface area contributed by atoms with Crippen LogP contribution in [-0.2, 0) is 6.54 Å². The molecule has 0 aliphatic heterocycles. The van der Waals surface area contributed by atoms with Crippen molar-refractivity contribution in [1.82, 2.24) is 15.3 Å². The topological polar surface area (TPSA) is 54.9 Å². The molecule has 1 amide bonds. The van der Waals surface area contributed by atoms with Crippen LogP contribution in [-0.4, -0.2) is 15.9 Å². The third kappa shape index (κ3) is 3.32. The van der Waals surface area contributed by atoms with Gasteiger partial charge in [0, 0.05) is 25.1 Å². The van der Waals surface area contributed by atoms with Gasteiger partial charge in [0.05, 0.1) is 16.1 Å². The van der Waals surface area contributed by atoms with Gasteiger partial charge in [0.25, 0.3) is 5.91 Å². The molecule has 21 heavy (non-hydrogen) atoms. The van der Waals surface area contributed by atoms with Crippen LogP contribution >= 0.6 is 11.3 Å². The number of nitrogens with zero attached hydrogens (tertiary/aromatic N) is 2. The van der Waals surface area contributed by atoms with Crippen molar-refractivity contribution < 1.29 is 4.79 Å². The fraction of sp³-hybridized carbons (Fsp3) is 0.0625. The highest BCUT2D eigenvalue weighted by atomic mass is 32.1. The first-order chi connectivity index (χ1) is 10.3. The van der Waals surface area contributed by atoms with Crippen LogP contribution in [0.25, 0.3) is 10.6 Å². The Morgan fingerprint density at radius 2 is 2.14 bits per heavy atom. The summed E-state index contributed by atoms with van der Waals surface area (Å²) in [5, 5.41) is 4.91. The van der Waals surface area contributed by atoms with E-state index in [4.69, 9.17) is 0 Å². The summed E-state index contributed by atoms with van der Waals surface area (Å²) < 4.78 is 0. The maximum atomic E-state index is 12.0. The normalized spacial score (nSPS) is 10.3. The predicted octanol–water partition coefficient (Wildman–Crippen LogP) is 3.14. The van der Waals surface area contributed by atoms with Gasteiger partial charge < -0.3 is 5.32 Å². The molecule has 3 aromatic heterocycles. The molecule has 0 radical (unpaired) electrons. The molecule has 0 bridgehead atoms.